The van der Waals surface area contributed by atoms with Gasteiger partial charge in [-0.15, -0.1) is 12.4 Å². The Balaban J connectivity index is 0.00000225. The van der Waals surface area contributed by atoms with Crippen molar-refractivity contribution < 1.29 is 19.1 Å². The van der Waals surface area contributed by atoms with Crippen molar-refractivity contribution in [2.75, 3.05) is 31.2 Å². The number of carbonyl (C=O) groups excluding carboxylic acids is 2. The summed E-state index contributed by atoms with van der Waals surface area (Å²) in [6.45, 7) is 5.43. The van der Waals surface area contributed by atoms with Gasteiger partial charge in [-0.05, 0) is 26.0 Å². The monoisotopic (exact) mass is 369 g/mol. The lowest BCUT2D eigenvalue weighted by Crippen LogP contribution is -2.46. The van der Waals surface area contributed by atoms with Crippen molar-refractivity contribution in [2.45, 2.75) is 25.8 Å². The summed E-state index contributed by atoms with van der Waals surface area (Å²) in [5.41, 5.74) is 6.12. The number of anilines is 1. The van der Waals surface area contributed by atoms with Crippen molar-refractivity contribution in [1.82, 2.24) is 5.32 Å². The zero-order valence-corrected chi connectivity index (χ0v) is 15.2. The largest absolute Gasteiger partial charge is 0.486 e. The quantitative estimate of drug-likeness (QED) is 0.828. The van der Waals surface area contributed by atoms with Gasteiger partial charge in [0.15, 0.2) is 11.5 Å². The lowest BCUT2D eigenvalue weighted by atomic mass is 10.1. The number of rotatable bonds is 4. The van der Waals surface area contributed by atoms with E-state index in [1.807, 2.05) is 19.9 Å². The molecule has 2 heterocycles. The summed E-state index contributed by atoms with van der Waals surface area (Å²) in [6, 6.07) is 5.39. The Bertz CT molecular complexity index is 660. The van der Waals surface area contributed by atoms with Gasteiger partial charge in [0.2, 0.25) is 11.8 Å². The fraction of sp³-hybridized carbons (Fsp3) is 0.529. The molecular formula is C17H24ClN3O4. The lowest BCUT2D eigenvalue weighted by Gasteiger charge is -2.22. The number of hydrogen-bond acceptors (Lipinski definition) is 5. The first-order valence-electron chi connectivity index (χ1n) is 8.10. The van der Waals surface area contributed by atoms with E-state index >= 15 is 0 Å². The molecule has 3 rings (SSSR count). The molecule has 1 aromatic carbocycles. The smallest absolute Gasteiger partial charge is 0.227 e. The van der Waals surface area contributed by atoms with Crippen LogP contribution >= 0.6 is 12.4 Å². The van der Waals surface area contributed by atoms with Gasteiger partial charge in [-0.3, -0.25) is 9.59 Å². The van der Waals surface area contributed by atoms with Crippen LogP contribution in [0.2, 0.25) is 0 Å². The van der Waals surface area contributed by atoms with Crippen molar-refractivity contribution in [2.24, 2.45) is 11.7 Å². The summed E-state index contributed by atoms with van der Waals surface area (Å²) in [4.78, 5) is 26.2. The summed E-state index contributed by atoms with van der Waals surface area (Å²) >= 11 is 0. The number of amides is 2. The first-order chi connectivity index (χ1) is 11.3. The number of nitrogens with one attached hydrogen (secondary N) is 1. The van der Waals surface area contributed by atoms with Gasteiger partial charge in [0.1, 0.15) is 13.2 Å². The minimum Gasteiger partial charge on any atom is -0.486 e. The molecule has 1 fully saturated rings. The molecule has 7 nitrogen and oxygen atoms in total. The van der Waals surface area contributed by atoms with E-state index in [1.165, 1.54) is 0 Å². The Hall–Kier alpha value is -1.99. The molecular weight excluding hydrogens is 346 g/mol. The third-order valence-electron chi connectivity index (χ3n) is 4.05. The van der Waals surface area contributed by atoms with Crippen LogP contribution in [0.15, 0.2) is 18.2 Å². The number of nitrogens with two attached hydrogens (primary N) is 1. The fourth-order valence-electron chi connectivity index (χ4n) is 2.79. The molecule has 1 saturated heterocycles. The van der Waals surface area contributed by atoms with Gasteiger partial charge in [-0.2, -0.15) is 0 Å². The van der Waals surface area contributed by atoms with Crippen LogP contribution in [0.25, 0.3) is 0 Å². The van der Waals surface area contributed by atoms with Crippen LogP contribution in [0.3, 0.4) is 0 Å². The Kier molecular flexibility index (Phi) is 5.80. The van der Waals surface area contributed by atoms with Gasteiger partial charge in [0.05, 0.1) is 5.92 Å². The molecule has 25 heavy (non-hydrogen) atoms. The maximum Gasteiger partial charge on any atom is 0.227 e. The van der Waals surface area contributed by atoms with E-state index in [-0.39, 0.29) is 36.6 Å². The third kappa shape index (κ3) is 4.55. The van der Waals surface area contributed by atoms with Gasteiger partial charge in [-0.1, -0.05) is 0 Å². The van der Waals surface area contributed by atoms with Gasteiger partial charge in [-0.25, -0.2) is 0 Å². The maximum atomic E-state index is 12.3. The van der Waals surface area contributed by atoms with Crippen molar-refractivity contribution in [3.05, 3.63) is 18.2 Å². The molecule has 2 aliphatic rings. The third-order valence-corrected chi connectivity index (χ3v) is 4.05. The Morgan fingerprint density at radius 2 is 2.00 bits per heavy atom. The molecule has 3 N–H and O–H groups in total. The number of nitrogens with zero attached hydrogens (tertiary/aromatic N) is 1. The Labute approximate surface area is 153 Å². The van der Waals surface area contributed by atoms with Crippen LogP contribution in [0, 0.1) is 5.92 Å². The van der Waals surface area contributed by atoms with E-state index in [0.29, 0.717) is 37.8 Å². The highest BCUT2D eigenvalue weighted by atomic mass is 35.5. The van der Waals surface area contributed by atoms with Crippen LogP contribution in [-0.2, 0) is 9.59 Å². The minimum absolute atomic E-state index is 0. The standard InChI is InChI=1S/C17H23N3O4.ClH/c1-17(2,18)10-19-16(22)11-7-15(21)20(9-11)12-3-4-13-14(8-12)24-6-5-23-13;/h3-4,8,11H,5-7,9-10,18H2,1-2H3,(H,19,22);1H. The van der Waals surface area contributed by atoms with E-state index in [4.69, 9.17) is 15.2 Å². The van der Waals surface area contributed by atoms with Crippen molar-refractivity contribution >= 4 is 29.9 Å². The Morgan fingerprint density at radius 1 is 1.32 bits per heavy atom. The molecule has 0 saturated carbocycles. The predicted molar refractivity (Wildman–Crippen MR) is 96.4 cm³/mol. The lowest BCUT2D eigenvalue weighted by molar-refractivity contribution is -0.126. The molecule has 0 aromatic heterocycles. The Morgan fingerprint density at radius 3 is 2.68 bits per heavy atom. The molecule has 1 atom stereocenters. The summed E-state index contributed by atoms with van der Waals surface area (Å²) in [5.74, 6) is 0.731. The zero-order valence-electron chi connectivity index (χ0n) is 14.4. The molecule has 0 aliphatic carbocycles. The predicted octanol–water partition coefficient (Wildman–Crippen LogP) is 1.09. The maximum absolute atomic E-state index is 12.3. The summed E-state index contributed by atoms with van der Waals surface area (Å²) < 4.78 is 11.0. The first kappa shape index (κ1) is 19.3. The zero-order chi connectivity index (χ0) is 17.3. The first-order valence-corrected chi connectivity index (χ1v) is 8.10. The average Bonchev–Trinajstić information content (AvgIpc) is 2.93. The normalized spacial score (nSPS) is 19.4. The SMILES string of the molecule is CC(C)(N)CNC(=O)C1CC(=O)N(c2ccc3c(c2)OCCO3)C1.Cl. The molecule has 2 aliphatic heterocycles. The average molecular weight is 370 g/mol. The summed E-state index contributed by atoms with van der Waals surface area (Å²) in [7, 11) is 0. The summed E-state index contributed by atoms with van der Waals surface area (Å²) in [5, 5.41) is 2.82. The second kappa shape index (κ2) is 7.49. The number of benzene rings is 1. The van der Waals surface area contributed by atoms with Crippen LogP contribution in [0.4, 0.5) is 5.69 Å². The van der Waals surface area contributed by atoms with Crippen molar-refractivity contribution in [3.8, 4) is 11.5 Å². The highest BCUT2D eigenvalue weighted by Gasteiger charge is 2.35. The molecule has 0 radical (unpaired) electrons. The van der Waals surface area contributed by atoms with E-state index in [9.17, 15) is 9.59 Å². The molecule has 1 aromatic rings. The molecule has 138 valence electrons. The fourth-order valence-corrected chi connectivity index (χ4v) is 2.79. The molecule has 0 bridgehead atoms. The van der Waals surface area contributed by atoms with Gasteiger partial charge < -0.3 is 25.4 Å². The summed E-state index contributed by atoms with van der Waals surface area (Å²) in [6.07, 6.45) is 0.200. The highest BCUT2D eigenvalue weighted by molar-refractivity contribution is 6.00. The molecule has 2 amide bonds. The van der Waals surface area contributed by atoms with Gasteiger partial charge >= 0.3 is 0 Å². The number of halogens is 1. The van der Waals surface area contributed by atoms with Crippen LogP contribution in [0.5, 0.6) is 11.5 Å². The second-order valence-corrected chi connectivity index (χ2v) is 6.94. The molecule has 8 heteroatoms. The number of ether oxygens (including phenoxy) is 2. The van der Waals surface area contributed by atoms with Crippen LogP contribution in [0.1, 0.15) is 20.3 Å². The number of hydrogen-bond donors (Lipinski definition) is 2. The number of fused-ring (bicyclic) bond motifs is 1. The topological polar surface area (TPSA) is 93.9 Å². The highest BCUT2D eigenvalue weighted by Crippen LogP contribution is 2.35. The minimum atomic E-state index is -0.478. The number of carbonyl (C=O) groups is 2. The molecule has 1 unspecified atom stereocenters. The van der Waals surface area contributed by atoms with E-state index in [1.54, 1.807) is 17.0 Å². The van der Waals surface area contributed by atoms with E-state index in [2.05, 4.69) is 5.32 Å². The van der Waals surface area contributed by atoms with Crippen molar-refractivity contribution in [1.29, 1.82) is 0 Å². The van der Waals surface area contributed by atoms with E-state index < -0.39 is 5.54 Å². The van der Waals surface area contributed by atoms with Crippen LogP contribution in [-0.4, -0.2) is 43.7 Å². The van der Waals surface area contributed by atoms with Crippen LogP contribution < -0.4 is 25.4 Å². The second-order valence-electron chi connectivity index (χ2n) is 6.94. The van der Waals surface area contributed by atoms with Gasteiger partial charge in [0.25, 0.3) is 0 Å². The van der Waals surface area contributed by atoms with Gasteiger partial charge in [0, 0.05) is 36.8 Å². The molecule has 0 spiro atoms. The van der Waals surface area contributed by atoms with Crippen molar-refractivity contribution in [3.63, 3.8) is 0 Å². The van der Waals surface area contributed by atoms with E-state index in [0.717, 1.165) is 5.69 Å².